The average Bonchev–Trinajstić information content (AvgIpc) is 3.31. The number of hydrogen-bond donors (Lipinski definition) is 1. The van der Waals surface area contributed by atoms with Crippen LogP contribution in [0.2, 0.25) is 5.02 Å². The average molecular weight is 326 g/mol. The van der Waals surface area contributed by atoms with Crippen molar-refractivity contribution in [2.75, 3.05) is 5.32 Å². The standard InChI is InChI=1S/C18H16ClN3O/c1-22-15-5-3-2-4-14(15)20-17(22)21-16(23)18(10-11-18)12-6-8-13(19)9-7-12/h2-9H,10-11H2,1H3,(H,20,21,23). The number of nitrogens with one attached hydrogen (secondary N) is 1. The molecule has 1 aliphatic carbocycles. The summed E-state index contributed by atoms with van der Waals surface area (Å²) in [5.41, 5.74) is 2.45. The van der Waals surface area contributed by atoms with E-state index in [1.54, 1.807) is 0 Å². The number of aryl methyl sites for hydroxylation is 1. The number of rotatable bonds is 3. The largest absolute Gasteiger partial charge is 0.313 e. The van der Waals surface area contributed by atoms with Gasteiger partial charge in [-0.15, -0.1) is 0 Å². The van der Waals surface area contributed by atoms with Crippen molar-refractivity contribution < 1.29 is 4.79 Å². The number of nitrogens with zero attached hydrogens (tertiary/aromatic N) is 2. The van der Waals surface area contributed by atoms with Gasteiger partial charge in [-0.1, -0.05) is 35.9 Å². The number of benzene rings is 2. The second kappa shape index (κ2) is 5.10. The maximum absolute atomic E-state index is 12.8. The number of fused-ring (bicyclic) bond motifs is 1. The van der Waals surface area contributed by atoms with Crippen LogP contribution in [0, 0.1) is 0 Å². The number of halogens is 1. The van der Waals surface area contributed by atoms with Gasteiger partial charge in [-0.3, -0.25) is 10.1 Å². The van der Waals surface area contributed by atoms with Gasteiger partial charge >= 0.3 is 0 Å². The molecule has 1 aliphatic rings. The Hall–Kier alpha value is -2.33. The van der Waals surface area contributed by atoms with E-state index in [0.29, 0.717) is 11.0 Å². The maximum atomic E-state index is 12.8. The molecule has 1 aromatic heterocycles. The van der Waals surface area contributed by atoms with Crippen molar-refractivity contribution in [2.45, 2.75) is 18.3 Å². The van der Waals surface area contributed by atoms with Gasteiger partial charge < -0.3 is 4.57 Å². The molecule has 0 saturated heterocycles. The van der Waals surface area contributed by atoms with Crippen LogP contribution in [-0.2, 0) is 17.3 Å². The molecule has 1 saturated carbocycles. The number of para-hydroxylation sites is 2. The number of aromatic nitrogens is 2. The molecule has 0 atom stereocenters. The Morgan fingerprint density at radius 1 is 1.17 bits per heavy atom. The summed E-state index contributed by atoms with van der Waals surface area (Å²) in [5.74, 6) is 0.578. The van der Waals surface area contributed by atoms with Crippen molar-refractivity contribution >= 4 is 34.5 Å². The molecule has 4 nitrogen and oxygen atoms in total. The molecule has 0 radical (unpaired) electrons. The van der Waals surface area contributed by atoms with Crippen LogP contribution >= 0.6 is 11.6 Å². The molecule has 1 heterocycles. The minimum Gasteiger partial charge on any atom is -0.313 e. The summed E-state index contributed by atoms with van der Waals surface area (Å²) in [4.78, 5) is 17.3. The van der Waals surface area contributed by atoms with E-state index in [1.165, 1.54) is 0 Å². The first-order chi connectivity index (χ1) is 11.1. The second-order valence-corrected chi connectivity index (χ2v) is 6.46. The molecule has 0 aliphatic heterocycles. The van der Waals surface area contributed by atoms with Gasteiger partial charge in [-0.05, 0) is 42.7 Å². The van der Waals surface area contributed by atoms with Crippen LogP contribution in [0.5, 0.6) is 0 Å². The van der Waals surface area contributed by atoms with Crippen molar-refractivity contribution in [3.63, 3.8) is 0 Å². The van der Waals surface area contributed by atoms with E-state index in [1.807, 2.05) is 60.1 Å². The zero-order chi connectivity index (χ0) is 16.0. The van der Waals surface area contributed by atoms with E-state index in [0.717, 1.165) is 29.4 Å². The van der Waals surface area contributed by atoms with Gasteiger partial charge in [0.15, 0.2) is 0 Å². The van der Waals surface area contributed by atoms with Gasteiger partial charge in [-0.25, -0.2) is 4.98 Å². The first-order valence-electron chi connectivity index (χ1n) is 7.59. The number of hydrogen-bond acceptors (Lipinski definition) is 2. The minimum absolute atomic E-state index is 0.00164. The molecule has 1 amide bonds. The zero-order valence-electron chi connectivity index (χ0n) is 12.7. The number of imidazole rings is 1. The van der Waals surface area contributed by atoms with Crippen LogP contribution in [0.4, 0.5) is 5.95 Å². The maximum Gasteiger partial charge on any atom is 0.237 e. The normalized spacial score (nSPS) is 15.6. The summed E-state index contributed by atoms with van der Waals surface area (Å²) in [7, 11) is 1.91. The fourth-order valence-corrected chi connectivity index (χ4v) is 3.15. The van der Waals surface area contributed by atoms with E-state index >= 15 is 0 Å². The first kappa shape index (κ1) is 14.3. The summed E-state index contributed by atoms with van der Waals surface area (Å²) >= 11 is 5.94. The summed E-state index contributed by atoms with van der Waals surface area (Å²) in [6.07, 6.45) is 1.70. The Labute approximate surface area is 139 Å². The van der Waals surface area contributed by atoms with Crippen LogP contribution in [-0.4, -0.2) is 15.5 Å². The van der Waals surface area contributed by atoms with E-state index in [4.69, 9.17) is 11.6 Å². The van der Waals surface area contributed by atoms with Crippen molar-refractivity contribution in [3.8, 4) is 0 Å². The van der Waals surface area contributed by atoms with E-state index in [2.05, 4.69) is 10.3 Å². The molecule has 0 spiro atoms. The second-order valence-electron chi connectivity index (χ2n) is 6.03. The third-order valence-corrected chi connectivity index (χ3v) is 4.85. The lowest BCUT2D eigenvalue weighted by Gasteiger charge is -2.15. The summed E-state index contributed by atoms with van der Waals surface area (Å²) in [5, 5.41) is 3.68. The van der Waals surface area contributed by atoms with Crippen LogP contribution < -0.4 is 5.32 Å². The molecule has 0 bridgehead atoms. The van der Waals surface area contributed by atoms with Crippen molar-refractivity contribution in [2.24, 2.45) is 7.05 Å². The lowest BCUT2D eigenvalue weighted by Crippen LogP contribution is -2.28. The minimum atomic E-state index is -0.442. The lowest BCUT2D eigenvalue weighted by molar-refractivity contribution is -0.118. The monoisotopic (exact) mass is 325 g/mol. The summed E-state index contributed by atoms with van der Waals surface area (Å²) in [6, 6.07) is 15.4. The first-order valence-corrected chi connectivity index (χ1v) is 7.97. The number of carbonyl (C=O) groups excluding carboxylic acids is 1. The van der Waals surface area contributed by atoms with E-state index in [9.17, 15) is 4.79 Å². The third kappa shape index (κ3) is 2.30. The third-order valence-electron chi connectivity index (χ3n) is 4.59. The van der Waals surface area contributed by atoms with Crippen LogP contribution in [0.1, 0.15) is 18.4 Å². The molecule has 2 aromatic carbocycles. The zero-order valence-corrected chi connectivity index (χ0v) is 13.5. The molecule has 1 fully saturated rings. The van der Waals surface area contributed by atoms with Crippen LogP contribution in [0.15, 0.2) is 48.5 Å². The van der Waals surface area contributed by atoms with Gasteiger partial charge in [0.1, 0.15) is 0 Å². The highest BCUT2D eigenvalue weighted by molar-refractivity contribution is 6.30. The SMILES string of the molecule is Cn1c(NC(=O)C2(c3ccc(Cl)cc3)CC2)nc2ccccc21. The Morgan fingerprint density at radius 3 is 2.52 bits per heavy atom. The summed E-state index contributed by atoms with van der Waals surface area (Å²) < 4.78 is 1.91. The molecule has 4 rings (SSSR count). The van der Waals surface area contributed by atoms with Crippen LogP contribution in [0.25, 0.3) is 11.0 Å². The smallest absolute Gasteiger partial charge is 0.237 e. The highest BCUT2D eigenvalue weighted by atomic mass is 35.5. The molecule has 1 N–H and O–H groups in total. The van der Waals surface area contributed by atoms with Crippen molar-refractivity contribution in [3.05, 3.63) is 59.1 Å². The number of carbonyl (C=O) groups is 1. The Morgan fingerprint density at radius 2 is 1.87 bits per heavy atom. The summed E-state index contributed by atoms with van der Waals surface area (Å²) in [6.45, 7) is 0. The number of anilines is 1. The molecule has 5 heteroatoms. The van der Waals surface area contributed by atoms with Crippen LogP contribution in [0.3, 0.4) is 0 Å². The quantitative estimate of drug-likeness (QED) is 0.794. The fraction of sp³-hybridized carbons (Fsp3) is 0.222. The van der Waals surface area contributed by atoms with Gasteiger partial charge in [0.05, 0.1) is 16.4 Å². The van der Waals surface area contributed by atoms with Gasteiger partial charge in [0, 0.05) is 12.1 Å². The molecule has 23 heavy (non-hydrogen) atoms. The molecular weight excluding hydrogens is 310 g/mol. The highest BCUT2D eigenvalue weighted by Gasteiger charge is 2.51. The van der Waals surface area contributed by atoms with Crippen molar-refractivity contribution in [1.82, 2.24) is 9.55 Å². The van der Waals surface area contributed by atoms with Gasteiger partial charge in [0.25, 0.3) is 0 Å². The fourth-order valence-electron chi connectivity index (χ4n) is 3.02. The van der Waals surface area contributed by atoms with Gasteiger partial charge in [0.2, 0.25) is 11.9 Å². The highest BCUT2D eigenvalue weighted by Crippen LogP contribution is 2.49. The molecule has 116 valence electrons. The van der Waals surface area contributed by atoms with Crippen molar-refractivity contribution in [1.29, 1.82) is 0 Å². The Balaban J connectivity index is 1.64. The predicted molar refractivity (Wildman–Crippen MR) is 91.7 cm³/mol. The van der Waals surface area contributed by atoms with E-state index < -0.39 is 5.41 Å². The lowest BCUT2D eigenvalue weighted by atomic mass is 9.95. The number of amides is 1. The van der Waals surface area contributed by atoms with E-state index in [-0.39, 0.29) is 5.91 Å². The molecular formula is C18H16ClN3O. The Kier molecular flexibility index (Phi) is 3.16. The molecule has 3 aromatic rings. The van der Waals surface area contributed by atoms with Gasteiger partial charge in [-0.2, -0.15) is 0 Å². The Bertz CT molecular complexity index is 894. The topological polar surface area (TPSA) is 46.9 Å². The molecule has 0 unspecified atom stereocenters. The predicted octanol–water partition coefficient (Wildman–Crippen LogP) is 3.90.